The number of hydrogen-bond acceptors (Lipinski definition) is 5. The van der Waals surface area contributed by atoms with E-state index >= 15 is 0 Å². The Kier molecular flexibility index (Phi) is 3.66. The van der Waals surface area contributed by atoms with E-state index in [-0.39, 0.29) is 6.10 Å². The number of nitriles is 1. The molecule has 0 spiro atoms. The summed E-state index contributed by atoms with van der Waals surface area (Å²) in [4.78, 5) is 12.1. The lowest BCUT2D eigenvalue weighted by Gasteiger charge is -2.28. The van der Waals surface area contributed by atoms with Crippen LogP contribution >= 0.6 is 0 Å². The predicted octanol–water partition coefficient (Wildman–Crippen LogP) is 2.35. The summed E-state index contributed by atoms with van der Waals surface area (Å²) in [6.45, 7) is 3.49. The van der Waals surface area contributed by atoms with Gasteiger partial charge in [0, 0.05) is 11.3 Å². The summed E-state index contributed by atoms with van der Waals surface area (Å²) in [5, 5.41) is 12.3. The number of esters is 1. The average Bonchev–Trinajstić information content (AvgIpc) is 2.45. The highest BCUT2D eigenvalue weighted by molar-refractivity contribution is 5.95. The minimum absolute atomic E-state index is 0.278. The molecule has 0 radical (unpaired) electrons. The average molecular weight is 272 g/mol. The van der Waals surface area contributed by atoms with Crippen LogP contribution in [0.25, 0.3) is 6.08 Å². The Morgan fingerprint density at radius 3 is 2.80 bits per heavy atom. The van der Waals surface area contributed by atoms with Crippen molar-refractivity contribution < 1.29 is 14.3 Å². The molecule has 0 saturated heterocycles. The molecular weight excluding hydrogens is 256 g/mol. The van der Waals surface area contributed by atoms with Crippen molar-refractivity contribution in [2.24, 2.45) is 0 Å². The van der Waals surface area contributed by atoms with Gasteiger partial charge in [0.25, 0.3) is 0 Å². The molecule has 1 aromatic carbocycles. The van der Waals surface area contributed by atoms with E-state index in [4.69, 9.17) is 9.47 Å². The zero-order chi connectivity index (χ0) is 14.8. The van der Waals surface area contributed by atoms with E-state index in [1.807, 2.05) is 12.1 Å². The van der Waals surface area contributed by atoms with Gasteiger partial charge in [-0.25, -0.2) is 4.79 Å². The third kappa shape index (κ3) is 2.45. The maximum atomic E-state index is 12.1. The summed E-state index contributed by atoms with van der Waals surface area (Å²) in [7, 11) is 1.58. The van der Waals surface area contributed by atoms with Crippen LogP contribution in [0.1, 0.15) is 19.4 Å². The lowest BCUT2D eigenvalue weighted by Crippen LogP contribution is -2.46. The van der Waals surface area contributed by atoms with Crippen LogP contribution in [-0.2, 0) is 9.53 Å². The normalized spacial score (nSPS) is 19.8. The van der Waals surface area contributed by atoms with E-state index in [0.717, 1.165) is 5.56 Å². The first-order chi connectivity index (χ1) is 9.50. The third-order valence-electron chi connectivity index (χ3n) is 2.94. The van der Waals surface area contributed by atoms with E-state index in [1.54, 1.807) is 39.2 Å². The highest BCUT2D eigenvalue weighted by Gasteiger charge is 2.40. The van der Waals surface area contributed by atoms with Gasteiger partial charge in [0.15, 0.2) is 0 Å². The zero-order valence-electron chi connectivity index (χ0n) is 11.6. The molecule has 104 valence electrons. The number of ether oxygens (including phenoxy) is 2. The van der Waals surface area contributed by atoms with Crippen molar-refractivity contribution in [2.75, 3.05) is 12.4 Å². The Labute approximate surface area is 117 Å². The SMILES string of the molecule is COc1ccc2c(c1)C=CC(C#N)(C(=O)OC(C)C)N2. The molecule has 5 nitrogen and oxygen atoms in total. The van der Waals surface area contributed by atoms with Gasteiger partial charge in [-0.2, -0.15) is 5.26 Å². The number of nitrogens with one attached hydrogen (secondary N) is 1. The van der Waals surface area contributed by atoms with E-state index in [2.05, 4.69) is 5.32 Å². The Morgan fingerprint density at radius 2 is 2.20 bits per heavy atom. The number of rotatable bonds is 3. The van der Waals surface area contributed by atoms with Crippen molar-refractivity contribution in [2.45, 2.75) is 25.5 Å². The molecule has 0 amide bonds. The van der Waals surface area contributed by atoms with Crippen molar-refractivity contribution >= 4 is 17.7 Å². The maximum Gasteiger partial charge on any atom is 0.351 e. The van der Waals surface area contributed by atoms with Crippen molar-refractivity contribution in [3.63, 3.8) is 0 Å². The Bertz CT molecular complexity index is 602. The topological polar surface area (TPSA) is 71.3 Å². The van der Waals surface area contributed by atoms with Crippen LogP contribution in [0.15, 0.2) is 24.3 Å². The largest absolute Gasteiger partial charge is 0.497 e. The smallest absolute Gasteiger partial charge is 0.351 e. The van der Waals surface area contributed by atoms with Crippen molar-refractivity contribution in [1.82, 2.24) is 0 Å². The highest BCUT2D eigenvalue weighted by Crippen LogP contribution is 2.31. The first-order valence-corrected chi connectivity index (χ1v) is 6.28. The lowest BCUT2D eigenvalue weighted by molar-refractivity contribution is -0.149. The Hall–Kier alpha value is -2.48. The van der Waals surface area contributed by atoms with E-state index < -0.39 is 11.5 Å². The van der Waals surface area contributed by atoms with Crippen LogP contribution < -0.4 is 10.1 Å². The summed E-state index contributed by atoms with van der Waals surface area (Å²) in [5.74, 6) is 0.108. The van der Waals surface area contributed by atoms with Crippen LogP contribution in [0.2, 0.25) is 0 Å². The first kappa shape index (κ1) is 13.9. The second-order valence-corrected chi connectivity index (χ2v) is 4.79. The molecule has 0 bridgehead atoms. The Morgan fingerprint density at radius 1 is 1.45 bits per heavy atom. The summed E-state index contributed by atoms with van der Waals surface area (Å²) in [6.07, 6.45) is 2.96. The van der Waals surface area contributed by atoms with Crippen LogP contribution in [0, 0.1) is 11.3 Å². The van der Waals surface area contributed by atoms with Crippen LogP contribution in [0.5, 0.6) is 5.75 Å². The molecule has 1 aromatic rings. The Balaban J connectivity index is 2.34. The maximum absolute atomic E-state index is 12.1. The quantitative estimate of drug-likeness (QED) is 0.855. The van der Waals surface area contributed by atoms with Gasteiger partial charge in [0.1, 0.15) is 11.8 Å². The van der Waals surface area contributed by atoms with Gasteiger partial charge in [-0.05, 0) is 38.1 Å². The van der Waals surface area contributed by atoms with Crippen LogP contribution in [0.3, 0.4) is 0 Å². The fourth-order valence-electron chi connectivity index (χ4n) is 1.93. The van der Waals surface area contributed by atoms with Gasteiger partial charge in [0.2, 0.25) is 5.54 Å². The van der Waals surface area contributed by atoms with Gasteiger partial charge in [-0.3, -0.25) is 0 Å². The van der Waals surface area contributed by atoms with Gasteiger partial charge < -0.3 is 14.8 Å². The minimum Gasteiger partial charge on any atom is -0.497 e. The van der Waals surface area contributed by atoms with Gasteiger partial charge in [-0.15, -0.1) is 0 Å². The lowest BCUT2D eigenvalue weighted by atomic mass is 9.94. The highest BCUT2D eigenvalue weighted by atomic mass is 16.5. The van der Waals surface area contributed by atoms with Crippen LogP contribution in [-0.4, -0.2) is 24.7 Å². The molecule has 1 aliphatic heterocycles. The summed E-state index contributed by atoms with van der Waals surface area (Å²) < 4.78 is 10.3. The number of anilines is 1. The van der Waals surface area contributed by atoms with Crippen molar-refractivity contribution in [3.8, 4) is 11.8 Å². The number of hydrogen-bond donors (Lipinski definition) is 1. The molecule has 1 N–H and O–H groups in total. The van der Waals surface area contributed by atoms with Crippen molar-refractivity contribution in [3.05, 3.63) is 29.8 Å². The standard InChI is InChI=1S/C15H16N2O3/c1-10(2)20-14(18)15(9-16)7-6-11-8-12(19-3)4-5-13(11)17-15/h4-8,10,17H,1-3H3. The number of carbonyl (C=O) groups is 1. The van der Waals surface area contributed by atoms with Gasteiger partial charge in [0.05, 0.1) is 13.2 Å². The molecule has 1 atom stereocenters. The van der Waals surface area contributed by atoms with Gasteiger partial charge >= 0.3 is 5.97 Å². The molecular formula is C15H16N2O3. The zero-order valence-corrected chi connectivity index (χ0v) is 11.6. The molecule has 2 rings (SSSR count). The second kappa shape index (κ2) is 5.25. The molecule has 1 heterocycles. The number of methoxy groups -OCH3 is 1. The van der Waals surface area contributed by atoms with Crippen LogP contribution in [0.4, 0.5) is 5.69 Å². The summed E-state index contributed by atoms with van der Waals surface area (Å²) in [5.41, 5.74) is 0.0643. The fourth-order valence-corrected chi connectivity index (χ4v) is 1.93. The molecule has 1 aliphatic rings. The molecule has 0 fully saturated rings. The third-order valence-corrected chi connectivity index (χ3v) is 2.94. The first-order valence-electron chi connectivity index (χ1n) is 6.28. The van der Waals surface area contributed by atoms with E-state index in [1.165, 1.54) is 6.08 Å². The molecule has 1 unspecified atom stereocenters. The molecule has 0 aliphatic carbocycles. The fraction of sp³-hybridized carbons (Fsp3) is 0.333. The monoisotopic (exact) mass is 272 g/mol. The number of fused-ring (bicyclic) bond motifs is 1. The molecule has 0 saturated carbocycles. The number of benzene rings is 1. The van der Waals surface area contributed by atoms with E-state index in [9.17, 15) is 10.1 Å². The summed E-state index contributed by atoms with van der Waals surface area (Å²) >= 11 is 0. The van der Waals surface area contributed by atoms with Gasteiger partial charge in [-0.1, -0.05) is 6.08 Å². The molecule has 20 heavy (non-hydrogen) atoms. The second-order valence-electron chi connectivity index (χ2n) is 4.79. The van der Waals surface area contributed by atoms with E-state index in [0.29, 0.717) is 11.4 Å². The number of nitrogens with zero attached hydrogens (tertiary/aromatic N) is 1. The number of carbonyl (C=O) groups excluding carboxylic acids is 1. The summed E-state index contributed by atoms with van der Waals surface area (Å²) in [6, 6.07) is 7.35. The molecule has 5 heteroatoms. The molecule has 0 aromatic heterocycles. The van der Waals surface area contributed by atoms with Crippen molar-refractivity contribution in [1.29, 1.82) is 5.26 Å². The minimum atomic E-state index is -1.48. The predicted molar refractivity (Wildman–Crippen MR) is 75.2 cm³/mol.